The van der Waals surface area contributed by atoms with Gasteiger partial charge in [0, 0.05) is 6.54 Å². The SMILES string of the molecule is CCn1c(CN(C)C)n[nH]c1=S. The fraction of sp³-hybridized carbons (Fsp3) is 0.714. The molecule has 0 atom stereocenters. The lowest BCUT2D eigenvalue weighted by Gasteiger charge is -2.08. The molecule has 68 valence electrons. The van der Waals surface area contributed by atoms with Gasteiger partial charge in [-0.1, -0.05) is 0 Å². The highest BCUT2D eigenvalue weighted by Gasteiger charge is 2.04. The first-order valence-electron chi connectivity index (χ1n) is 3.94. The second-order valence-electron chi connectivity index (χ2n) is 2.93. The smallest absolute Gasteiger partial charge is 0.195 e. The van der Waals surface area contributed by atoms with Gasteiger partial charge in [0.05, 0.1) is 6.54 Å². The van der Waals surface area contributed by atoms with Crippen molar-refractivity contribution in [2.45, 2.75) is 20.0 Å². The number of H-pyrrole nitrogens is 1. The Labute approximate surface area is 77.2 Å². The standard InChI is InChI=1S/C7H14N4S/c1-4-11-6(5-10(2)3)8-9-7(11)12/h4-5H2,1-3H3,(H,9,12). The van der Waals surface area contributed by atoms with Crippen LogP contribution in [0.2, 0.25) is 0 Å². The molecule has 0 saturated heterocycles. The van der Waals surface area contributed by atoms with Gasteiger partial charge in [-0.15, -0.1) is 0 Å². The summed E-state index contributed by atoms with van der Waals surface area (Å²) < 4.78 is 2.70. The molecule has 0 fully saturated rings. The van der Waals surface area contributed by atoms with Crippen molar-refractivity contribution in [1.82, 2.24) is 19.7 Å². The van der Waals surface area contributed by atoms with Crippen molar-refractivity contribution >= 4 is 12.2 Å². The summed E-state index contributed by atoms with van der Waals surface area (Å²) in [6.45, 7) is 3.75. The van der Waals surface area contributed by atoms with Crippen LogP contribution in [0.5, 0.6) is 0 Å². The minimum absolute atomic E-state index is 0.703. The van der Waals surface area contributed by atoms with Crippen molar-refractivity contribution in [3.05, 3.63) is 10.6 Å². The molecule has 1 rings (SSSR count). The minimum Gasteiger partial charge on any atom is -0.303 e. The summed E-state index contributed by atoms with van der Waals surface area (Å²) in [5, 5.41) is 6.91. The van der Waals surface area contributed by atoms with Crippen LogP contribution in [0.1, 0.15) is 12.7 Å². The van der Waals surface area contributed by atoms with Crippen molar-refractivity contribution < 1.29 is 0 Å². The summed E-state index contributed by atoms with van der Waals surface area (Å²) in [7, 11) is 4.02. The first-order valence-corrected chi connectivity index (χ1v) is 4.34. The Kier molecular flexibility index (Phi) is 2.99. The maximum Gasteiger partial charge on any atom is 0.195 e. The molecule has 0 aliphatic heterocycles. The maximum atomic E-state index is 5.05. The van der Waals surface area contributed by atoms with Gasteiger partial charge in [-0.05, 0) is 33.2 Å². The molecule has 0 radical (unpaired) electrons. The van der Waals surface area contributed by atoms with Crippen LogP contribution in [0.4, 0.5) is 0 Å². The third-order valence-electron chi connectivity index (χ3n) is 1.61. The summed E-state index contributed by atoms with van der Waals surface area (Å²) in [5.41, 5.74) is 0. The molecule has 1 aromatic heterocycles. The summed E-state index contributed by atoms with van der Waals surface area (Å²) in [6.07, 6.45) is 0. The van der Waals surface area contributed by atoms with Gasteiger partial charge in [-0.3, -0.25) is 5.10 Å². The first kappa shape index (κ1) is 9.41. The Balaban J connectivity index is 2.92. The third-order valence-corrected chi connectivity index (χ3v) is 1.92. The summed E-state index contributed by atoms with van der Waals surface area (Å²) in [6, 6.07) is 0. The van der Waals surface area contributed by atoms with E-state index >= 15 is 0 Å². The molecule has 0 amide bonds. The monoisotopic (exact) mass is 186 g/mol. The van der Waals surface area contributed by atoms with E-state index in [1.807, 2.05) is 18.7 Å². The van der Waals surface area contributed by atoms with Gasteiger partial charge in [0.1, 0.15) is 5.82 Å². The van der Waals surface area contributed by atoms with Crippen molar-refractivity contribution in [2.75, 3.05) is 14.1 Å². The second kappa shape index (κ2) is 3.82. The zero-order chi connectivity index (χ0) is 9.14. The summed E-state index contributed by atoms with van der Waals surface area (Å²) >= 11 is 5.05. The molecule has 0 saturated carbocycles. The maximum absolute atomic E-state index is 5.05. The quantitative estimate of drug-likeness (QED) is 0.716. The van der Waals surface area contributed by atoms with E-state index < -0.39 is 0 Å². The molecule has 0 aromatic carbocycles. The molecule has 0 bridgehead atoms. The van der Waals surface area contributed by atoms with Crippen LogP contribution in [-0.4, -0.2) is 33.8 Å². The average molecular weight is 186 g/mol. The number of hydrogen-bond acceptors (Lipinski definition) is 3. The average Bonchev–Trinajstić information content (AvgIpc) is 2.30. The number of aromatic amines is 1. The van der Waals surface area contributed by atoms with Crippen LogP contribution < -0.4 is 0 Å². The number of aromatic nitrogens is 3. The van der Waals surface area contributed by atoms with Crippen LogP contribution in [0.25, 0.3) is 0 Å². The van der Waals surface area contributed by atoms with E-state index in [0.717, 1.165) is 18.9 Å². The lowest BCUT2D eigenvalue weighted by atomic mass is 10.5. The lowest BCUT2D eigenvalue weighted by molar-refractivity contribution is 0.381. The predicted molar refractivity (Wildman–Crippen MR) is 50.5 cm³/mol. The van der Waals surface area contributed by atoms with Crippen LogP contribution >= 0.6 is 12.2 Å². The lowest BCUT2D eigenvalue weighted by Crippen LogP contribution is -2.15. The Morgan fingerprint density at radius 3 is 2.75 bits per heavy atom. The van der Waals surface area contributed by atoms with Crippen molar-refractivity contribution in [3.63, 3.8) is 0 Å². The molecule has 1 N–H and O–H groups in total. The van der Waals surface area contributed by atoms with E-state index in [0.29, 0.717) is 4.77 Å². The highest BCUT2D eigenvalue weighted by molar-refractivity contribution is 7.71. The van der Waals surface area contributed by atoms with Crippen molar-refractivity contribution in [1.29, 1.82) is 0 Å². The molecule has 5 heteroatoms. The normalized spacial score (nSPS) is 11.0. The first-order chi connectivity index (χ1) is 5.65. The van der Waals surface area contributed by atoms with E-state index in [-0.39, 0.29) is 0 Å². The predicted octanol–water partition coefficient (Wildman–Crippen LogP) is 1.02. The highest BCUT2D eigenvalue weighted by atomic mass is 32.1. The van der Waals surface area contributed by atoms with Gasteiger partial charge in [-0.2, -0.15) is 5.10 Å². The van der Waals surface area contributed by atoms with Crippen molar-refractivity contribution in [3.8, 4) is 0 Å². The molecule has 0 aliphatic carbocycles. The molecule has 0 spiro atoms. The molecule has 12 heavy (non-hydrogen) atoms. The number of nitrogens with zero attached hydrogens (tertiary/aromatic N) is 3. The fourth-order valence-electron chi connectivity index (χ4n) is 1.08. The number of nitrogens with one attached hydrogen (secondary N) is 1. The van der Waals surface area contributed by atoms with E-state index in [1.54, 1.807) is 0 Å². The Bertz CT molecular complexity index is 299. The highest BCUT2D eigenvalue weighted by Crippen LogP contribution is 1.99. The molecular weight excluding hydrogens is 172 g/mol. The number of rotatable bonds is 3. The topological polar surface area (TPSA) is 36.9 Å². The summed E-state index contributed by atoms with van der Waals surface area (Å²) in [4.78, 5) is 2.07. The third kappa shape index (κ3) is 1.92. The zero-order valence-electron chi connectivity index (χ0n) is 7.66. The van der Waals surface area contributed by atoms with Crippen LogP contribution in [0.15, 0.2) is 0 Å². The molecule has 4 nitrogen and oxygen atoms in total. The minimum atomic E-state index is 0.703. The van der Waals surface area contributed by atoms with E-state index in [4.69, 9.17) is 12.2 Å². The number of hydrogen-bond donors (Lipinski definition) is 1. The molecule has 1 aromatic rings. The van der Waals surface area contributed by atoms with Gasteiger partial charge < -0.3 is 9.47 Å². The van der Waals surface area contributed by atoms with Gasteiger partial charge in [0.15, 0.2) is 4.77 Å². The van der Waals surface area contributed by atoms with E-state index in [2.05, 4.69) is 22.0 Å². The Morgan fingerprint density at radius 2 is 2.25 bits per heavy atom. The van der Waals surface area contributed by atoms with Gasteiger partial charge in [0.25, 0.3) is 0 Å². The molecular formula is C7H14N4S. The largest absolute Gasteiger partial charge is 0.303 e. The second-order valence-corrected chi connectivity index (χ2v) is 3.31. The van der Waals surface area contributed by atoms with E-state index in [9.17, 15) is 0 Å². The van der Waals surface area contributed by atoms with Crippen LogP contribution in [0.3, 0.4) is 0 Å². The zero-order valence-corrected chi connectivity index (χ0v) is 8.48. The Hall–Kier alpha value is -0.680. The van der Waals surface area contributed by atoms with Gasteiger partial charge in [0.2, 0.25) is 0 Å². The van der Waals surface area contributed by atoms with Gasteiger partial charge >= 0.3 is 0 Å². The molecule has 0 unspecified atom stereocenters. The van der Waals surface area contributed by atoms with Gasteiger partial charge in [-0.25, -0.2) is 0 Å². The molecule has 1 heterocycles. The Morgan fingerprint density at radius 1 is 1.58 bits per heavy atom. The van der Waals surface area contributed by atoms with Crippen LogP contribution in [0, 0.1) is 4.77 Å². The fourth-order valence-corrected chi connectivity index (χ4v) is 1.36. The van der Waals surface area contributed by atoms with Crippen molar-refractivity contribution in [2.24, 2.45) is 0 Å². The van der Waals surface area contributed by atoms with Crippen LogP contribution in [-0.2, 0) is 13.1 Å². The van der Waals surface area contributed by atoms with E-state index in [1.165, 1.54) is 0 Å². The molecule has 0 aliphatic rings. The summed E-state index contributed by atoms with van der Waals surface area (Å²) in [5.74, 6) is 0.993.